The van der Waals surface area contributed by atoms with Gasteiger partial charge < -0.3 is 15.5 Å². The van der Waals surface area contributed by atoms with E-state index in [0.29, 0.717) is 12.0 Å². The predicted molar refractivity (Wildman–Crippen MR) is 123 cm³/mol. The van der Waals surface area contributed by atoms with Crippen molar-refractivity contribution in [1.29, 1.82) is 0 Å². The zero-order valence-corrected chi connectivity index (χ0v) is 17.3. The van der Waals surface area contributed by atoms with Gasteiger partial charge in [0.2, 0.25) is 0 Å². The van der Waals surface area contributed by atoms with Crippen molar-refractivity contribution >= 4 is 34.0 Å². The molecule has 1 fully saturated rings. The molecule has 148 valence electrons. The molecular formula is C24H26N4S. The average Bonchev–Trinajstić information content (AvgIpc) is 2.93. The lowest BCUT2D eigenvalue weighted by Crippen LogP contribution is -2.44. The molecule has 0 bridgehead atoms. The van der Waals surface area contributed by atoms with Crippen LogP contribution in [0.5, 0.6) is 0 Å². The summed E-state index contributed by atoms with van der Waals surface area (Å²) in [5, 5.41) is 8.53. The zero-order valence-electron chi connectivity index (χ0n) is 16.5. The van der Waals surface area contributed by atoms with Crippen LogP contribution in [0.15, 0.2) is 48.7 Å². The molecule has 29 heavy (non-hydrogen) atoms. The van der Waals surface area contributed by atoms with Crippen LogP contribution in [0, 0.1) is 0 Å². The largest absolute Gasteiger partial charge is 0.381 e. The average molecular weight is 403 g/mol. The molecule has 0 amide bonds. The van der Waals surface area contributed by atoms with Crippen LogP contribution in [-0.4, -0.2) is 36.4 Å². The molecule has 0 unspecified atom stereocenters. The summed E-state index contributed by atoms with van der Waals surface area (Å²) in [6, 6.07) is 16.1. The fourth-order valence-corrected chi connectivity index (χ4v) is 6.22. The molecule has 6 rings (SSSR count). The van der Waals surface area contributed by atoms with Crippen molar-refractivity contribution in [3.05, 3.63) is 65.4 Å². The quantitative estimate of drug-likeness (QED) is 0.681. The molecule has 3 aliphatic heterocycles. The van der Waals surface area contributed by atoms with E-state index in [4.69, 9.17) is 0 Å². The van der Waals surface area contributed by atoms with Gasteiger partial charge in [0.25, 0.3) is 0 Å². The molecule has 5 heteroatoms. The number of piperidine rings is 1. The first-order chi connectivity index (χ1) is 14.4. The third-order valence-electron chi connectivity index (χ3n) is 6.63. The summed E-state index contributed by atoms with van der Waals surface area (Å²) in [4.78, 5) is 7.34. The highest BCUT2D eigenvalue weighted by atomic mass is 32.2. The number of benzene rings is 2. The van der Waals surface area contributed by atoms with Crippen LogP contribution in [0.3, 0.4) is 0 Å². The summed E-state index contributed by atoms with van der Waals surface area (Å²) in [5.41, 5.74) is 8.15. The molecule has 3 aromatic rings. The molecule has 0 radical (unpaired) electrons. The normalized spacial score (nSPS) is 22.8. The van der Waals surface area contributed by atoms with E-state index in [2.05, 4.69) is 68.7 Å². The topological polar surface area (TPSA) is 40.2 Å². The van der Waals surface area contributed by atoms with Crippen molar-refractivity contribution in [3.63, 3.8) is 0 Å². The maximum Gasteiger partial charge on any atom is 0.0702 e. The Labute approximate surface area is 176 Å². The molecule has 3 aliphatic rings. The number of hydrogen-bond acceptors (Lipinski definition) is 5. The number of nitrogens with zero attached hydrogens (tertiary/aromatic N) is 2. The first-order valence-electron chi connectivity index (χ1n) is 10.7. The van der Waals surface area contributed by atoms with E-state index < -0.39 is 0 Å². The molecule has 0 spiro atoms. The molecule has 1 saturated heterocycles. The maximum absolute atomic E-state index is 4.61. The van der Waals surface area contributed by atoms with E-state index in [0.717, 1.165) is 30.9 Å². The summed E-state index contributed by atoms with van der Waals surface area (Å²) >= 11 is 2.07. The Kier molecular flexibility index (Phi) is 4.38. The number of nitrogens with one attached hydrogen (secondary N) is 2. The van der Waals surface area contributed by atoms with E-state index in [1.54, 1.807) is 11.3 Å². The Morgan fingerprint density at radius 2 is 2.17 bits per heavy atom. The molecular weight excluding hydrogens is 376 g/mol. The summed E-state index contributed by atoms with van der Waals surface area (Å²) in [7, 11) is 0. The molecule has 2 N–H and O–H groups in total. The lowest BCUT2D eigenvalue weighted by molar-refractivity contribution is 0.406. The molecule has 4 heterocycles. The first kappa shape index (κ1) is 17.6. The van der Waals surface area contributed by atoms with Gasteiger partial charge in [-0.05, 0) is 53.9 Å². The van der Waals surface area contributed by atoms with Crippen LogP contribution >= 0.6 is 11.8 Å². The number of para-hydroxylation sites is 1. The van der Waals surface area contributed by atoms with Crippen LogP contribution < -0.4 is 15.5 Å². The monoisotopic (exact) mass is 402 g/mol. The Morgan fingerprint density at radius 1 is 1.21 bits per heavy atom. The van der Waals surface area contributed by atoms with Crippen molar-refractivity contribution in [2.75, 3.05) is 35.6 Å². The fourth-order valence-electron chi connectivity index (χ4n) is 5.30. The van der Waals surface area contributed by atoms with Gasteiger partial charge in [-0.3, -0.25) is 4.98 Å². The second kappa shape index (κ2) is 7.22. The summed E-state index contributed by atoms with van der Waals surface area (Å²) < 4.78 is 0. The molecule has 2 atom stereocenters. The lowest BCUT2D eigenvalue weighted by atomic mass is 9.89. The van der Waals surface area contributed by atoms with E-state index in [1.807, 2.05) is 12.3 Å². The number of anilines is 2. The summed E-state index contributed by atoms with van der Waals surface area (Å²) in [5.74, 6) is 2.99. The van der Waals surface area contributed by atoms with Crippen molar-refractivity contribution in [2.24, 2.45) is 0 Å². The first-order valence-corrected chi connectivity index (χ1v) is 11.8. The predicted octanol–water partition coefficient (Wildman–Crippen LogP) is 4.36. The van der Waals surface area contributed by atoms with Gasteiger partial charge in [0.05, 0.1) is 5.52 Å². The van der Waals surface area contributed by atoms with Gasteiger partial charge in [-0.25, -0.2) is 0 Å². The Bertz CT molecular complexity index is 1070. The third-order valence-corrected chi connectivity index (χ3v) is 7.62. The van der Waals surface area contributed by atoms with Crippen molar-refractivity contribution in [2.45, 2.75) is 30.7 Å². The van der Waals surface area contributed by atoms with Gasteiger partial charge in [0, 0.05) is 66.1 Å². The van der Waals surface area contributed by atoms with E-state index in [1.165, 1.54) is 40.9 Å². The van der Waals surface area contributed by atoms with Gasteiger partial charge in [-0.1, -0.05) is 18.2 Å². The Balaban J connectivity index is 1.31. The van der Waals surface area contributed by atoms with Crippen LogP contribution in [0.25, 0.3) is 10.9 Å². The SMILES string of the molecule is c1ccc2ncc(CNc3cc4c5c(c3)[C@@H]3CNCC[C@@H]3N5CCSC4)cc2c1. The number of hydrogen-bond donors (Lipinski definition) is 2. The summed E-state index contributed by atoms with van der Waals surface area (Å²) in [6.07, 6.45) is 3.26. The zero-order chi connectivity index (χ0) is 19.2. The Hall–Kier alpha value is -2.24. The Morgan fingerprint density at radius 3 is 3.17 bits per heavy atom. The standard InChI is InChI=1S/C24H26N4S/c1-2-4-22-17(3-1)9-16(13-27-22)12-26-19-10-18-15-29-8-7-28-23-5-6-25-14-21(23)20(11-19)24(18)28/h1-4,9-11,13,21,23,25-26H,5-8,12,14-15H2/t21-,23-/m0/s1. The highest BCUT2D eigenvalue weighted by molar-refractivity contribution is 7.98. The van der Waals surface area contributed by atoms with Crippen molar-refractivity contribution < 1.29 is 0 Å². The van der Waals surface area contributed by atoms with Crippen molar-refractivity contribution in [3.8, 4) is 0 Å². The molecule has 0 aliphatic carbocycles. The van der Waals surface area contributed by atoms with Crippen LogP contribution in [0.4, 0.5) is 11.4 Å². The number of thioether (sulfide) groups is 1. The van der Waals surface area contributed by atoms with Gasteiger partial charge >= 0.3 is 0 Å². The van der Waals surface area contributed by atoms with Gasteiger partial charge in [0.15, 0.2) is 0 Å². The van der Waals surface area contributed by atoms with Crippen molar-refractivity contribution in [1.82, 2.24) is 10.3 Å². The molecule has 2 aromatic carbocycles. The van der Waals surface area contributed by atoms with E-state index in [9.17, 15) is 0 Å². The minimum Gasteiger partial charge on any atom is -0.381 e. The fraction of sp³-hybridized carbons (Fsp3) is 0.375. The molecule has 0 saturated carbocycles. The number of aromatic nitrogens is 1. The molecule has 1 aromatic heterocycles. The highest BCUT2D eigenvalue weighted by Gasteiger charge is 2.41. The van der Waals surface area contributed by atoms with Crippen LogP contribution in [-0.2, 0) is 12.3 Å². The molecule has 4 nitrogen and oxygen atoms in total. The second-order valence-electron chi connectivity index (χ2n) is 8.38. The third kappa shape index (κ3) is 3.08. The lowest BCUT2D eigenvalue weighted by Gasteiger charge is -2.33. The minimum atomic E-state index is 0.629. The van der Waals surface area contributed by atoms with E-state index >= 15 is 0 Å². The second-order valence-corrected chi connectivity index (χ2v) is 9.48. The van der Waals surface area contributed by atoms with Gasteiger partial charge in [-0.2, -0.15) is 11.8 Å². The number of pyridine rings is 1. The van der Waals surface area contributed by atoms with Gasteiger partial charge in [-0.15, -0.1) is 0 Å². The number of rotatable bonds is 3. The number of fused-ring (bicyclic) bond motifs is 4. The smallest absolute Gasteiger partial charge is 0.0702 e. The van der Waals surface area contributed by atoms with E-state index in [-0.39, 0.29) is 0 Å². The minimum absolute atomic E-state index is 0.629. The summed E-state index contributed by atoms with van der Waals surface area (Å²) in [6.45, 7) is 4.26. The van der Waals surface area contributed by atoms with Crippen LogP contribution in [0.1, 0.15) is 29.0 Å². The highest BCUT2D eigenvalue weighted by Crippen LogP contribution is 2.48. The van der Waals surface area contributed by atoms with Crippen LogP contribution in [0.2, 0.25) is 0 Å². The van der Waals surface area contributed by atoms with Gasteiger partial charge in [0.1, 0.15) is 0 Å². The maximum atomic E-state index is 4.61.